The molecular formula is C27H43ClINO5Si. The van der Waals surface area contributed by atoms with Crippen molar-refractivity contribution in [2.24, 2.45) is 10.4 Å². The maximum absolute atomic E-state index is 12.8. The van der Waals surface area contributed by atoms with Crippen molar-refractivity contribution >= 4 is 60.5 Å². The molecule has 0 spiro atoms. The van der Waals surface area contributed by atoms with Crippen molar-refractivity contribution < 1.29 is 24.2 Å². The van der Waals surface area contributed by atoms with Gasteiger partial charge in [-0.2, -0.15) is 0 Å². The standard InChI is InChI=1S/C27H43ClINO5Si/c1-11-34-25(32)19(24(31)18-14-21(29)22(15-20(18)28)35-17(2)3)16-30-23(26(4,5)6)12-13-27(7,8)36(9,10)33/h14-17,23,31,33H,11-13H2,1-10H3/t23-/m1/s1. The highest BCUT2D eigenvalue weighted by Gasteiger charge is 2.39. The van der Waals surface area contributed by atoms with Crippen LogP contribution in [-0.2, 0) is 9.53 Å². The van der Waals surface area contributed by atoms with Crippen molar-refractivity contribution in [3.05, 3.63) is 31.9 Å². The topological polar surface area (TPSA) is 88.4 Å². The van der Waals surface area contributed by atoms with Crippen molar-refractivity contribution in [1.29, 1.82) is 0 Å². The average molecular weight is 652 g/mol. The van der Waals surface area contributed by atoms with Gasteiger partial charge in [-0.15, -0.1) is 0 Å². The van der Waals surface area contributed by atoms with Crippen LogP contribution in [0.1, 0.15) is 73.8 Å². The quantitative estimate of drug-likeness (QED) is 0.0637. The van der Waals surface area contributed by atoms with Gasteiger partial charge < -0.3 is 19.4 Å². The van der Waals surface area contributed by atoms with Gasteiger partial charge in [-0.05, 0) is 85.8 Å². The van der Waals surface area contributed by atoms with Gasteiger partial charge in [0.15, 0.2) is 8.32 Å². The molecule has 0 bridgehead atoms. The number of carbonyl (C=O) groups is 1. The first-order valence-electron chi connectivity index (χ1n) is 12.3. The van der Waals surface area contributed by atoms with E-state index in [0.29, 0.717) is 11.3 Å². The summed E-state index contributed by atoms with van der Waals surface area (Å²) in [6.45, 7) is 20.0. The first-order chi connectivity index (χ1) is 16.3. The third-order valence-corrected chi connectivity index (χ3v) is 11.2. The summed E-state index contributed by atoms with van der Waals surface area (Å²) in [6, 6.07) is 3.17. The molecule has 1 rings (SSSR count). The lowest BCUT2D eigenvalue weighted by molar-refractivity contribution is -0.137. The van der Waals surface area contributed by atoms with Gasteiger partial charge in [-0.25, -0.2) is 4.79 Å². The predicted molar refractivity (Wildman–Crippen MR) is 161 cm³/mol. The lowest BCUT2D eigenvalue weighted by Crippen LogP contribution is -2.40. The van der Waals surface area contributed by atoms with Gasteiger partial charge in [-0.3, -0.25) is 4.99 Å². The summed E-state index contributed by atoms with van der Waals surface area (Å²) in [5.41, 5.74) is 0.0389. The summed E-state index contributed by atoms with van der Waals surface area (Å²) >= 11 is 8.60. The number of hydrogen-bond acceptors (Lipinski definition) is 6. The number of esters is 1. The fraction of sp³-hybridized carbons (Fsp3) is 0.630. The molecule has 0 saturated carbocycles. The van der Waals surface area contributed by atoms with Crippen molar-refractivity contribution in [3.8, 4) is 5.75 Å². The van der Waals surface area contributed by atoms with E-state index in [1.165, 1.54) is 6.21 Å². The molecule has 0 aliphatic carbocycles. The second kappa shape index (κ2) is 13.1. The van der Waals surface area contributed by atoms with Crippen LogP contribution in [0.2, 0.25) is 23.2 Å². The zero-order chi connectivity index (χ0) is 28.1. The van der Waals surface area contributed by atoms with E-state index in [1.54, 1.807) is 19.1 Å². The molecule has 0 aromatic heterocycles. The monoisotopic (exact) mass is 651 g/mol. The van der Waals surface area contributed by atoms with E-state index in [4.69, 9.17) is 26.1 Å². The largest absolute Gasteiger partial charge is 0.506 e. The zero-order valence-electron chi connectivity index (χ0n) is 23.3. The molecule has 204 valence electrons. The molecule has 0 fully saturated rings. The lowest BCUT2D eigenvalue weighted by Gasteiger charge is -2.37. The molecule has 1 aromatic carbocycles. The Morgan fingerprint density at radius 2 is 1.81 bits per heavy atom. The molecule has 1 atom stereocenters. The third kappa shape index (κ3) is 9.33. The molecule has 0 saturated heterocycles. The summed E-state index contributed by atoms with van der Waals surface area (Å²) in [4.78, 5) is 28.3. The van der Waals surface area contributed by atoms with Gasteiger partial charge in [0.05, 0.1) is 27.3 Å². The molecule has 2 N–H and O–H groups in total. The number of aliphatic hydroxyl groups is 1. The maximum atomic E-state index is 12.8. The highest BCUT2D eigenvalue weighted by Crippen LogP contribution is 2.42. The van der Waals surface area contributed by atoms with Crippen LogP contribution in [0, 0.1) is 8.99 Å². The first-order valence-corrected chi connectivity index (χ1v) is 16.7. The van der Waals surface area contributed by atoms with E-state index in [0.717, 1.165) is 16.4 Å². The fourth-order valence-electron chi connectivity index (χ4n) is 3.32. The molecule has 0 aliphatic heterocycles. The number of aliphatic hydroxyl groups excluding tert-OH is 1. The average Bonchev–Trinajstić information content (AvgIpc) is 2.70. The Balaban J connectivity index is 3.50. The molecule has 0 radical (unpaired) electrons. The normalized spacial score (nSPS) is 14.7. The number of aliphatic imine (C=N–C) groups is 1. The molecule has 0 aliphatic rings. The minimum atomic E-state index is -2.37. The summed E-state index contributed by atoms with van der Waals surface area (Å²) < 4.78 is 11.8. The van der Waals surface area contributed by atoms with Gasteiger partial charge in [0.1, 0.15) is 17.1 Å². The molecule has 36 heavy (non-hydrogen) atoms. The van der Waals surface area contributed by atoms with E-state index < -0.39 is 14.3 Å². The van der Waals surface area contributed by atoms with Crippen LogP contribution in [-0.4, -0.2) is 49.2 Å². The van der Waals surface area contributed by atoms with Crippen LogP contribution in [0.4, 0.5) is 0 Å². The Labute approximate surface area is 236 Å². The number of hydrogen-bond donors (Lipinski definition) is 2. The summed E-state index contributed by atoms with van der Waals surface area (Å²) in [5, 5.41) is 11.2. The Bertz CT molecular complexity index is 978. The van der Waals surface area contributed by atoms with Gasteiger partial charge >= 0.3 is 5.97 Å². The van der Waals surface area contributed by atoms with Crippen LogP contribution in [0.15, 0.2) is 22.7 Å². The molecule has 0 unspecified atom stereocenters. The second-order valence-electron chi connectivity index (χ2n) is 11.6. The van der Waals surface area contributed by atoms with Gasteiger partial charge in [0.25, 0.3) is 0 Å². The van der Waals surface area contributed by atoms with Crippen LogP contribution in [0.25, 0.3) is 5.76 Å². The summed E-state index contributed by atoms with van der Waals surface area (Å²) in [6.07, 6.45) is 2.87. The molecule has 9 heteroatoms. The van der Waals surface area contributed by atoms with Crippen LogP contribution < -0.4 is 4.74 Å². The number of nitrogens with zero attached hydrogens (tertiary/aromatic N) is 1. The fourth-order valence-corrected chi connectivity index (χ4v) is 4.91. The number of ether oxygens (including phenoxy) is 2. The van der Waals surface area contributed by atoms with Crippen molar-refractivity contribution in [3.63, 3.8) is 0 Å². The highest BCUT2D eigenvalue weighted by atomic mass is 127. The minimum absolute atomic E-state index is 0.0369. The van der Waals surface area contributed by atoms with Gasteiger partial charge in [-0.1, -0.05) is 46.2 Å². The minimum Gasteiger partial charge on any atom is -0.506 e. The summed E-state index contributed by atoms with van der Waals surface area (Å²) in [7, 11) is -2.37. The van der Waals surface area contributed by atoms with Gasteiger partial charge in [0, 0.05) is 17.8 Å². The Morgan fingerprint density at radius 1 is 1.22 bits per heavy atom. The van der Waals surface area contributed by atoms with Crippen LogP contribution >= 0.6 is 34.2 Å². The van der Waals surface area contributed by atoms with E-state index in [-0.39, 0.29) is 45.6 Å². The van der Waals surface area contributed by atoms with Crippen molar-refractivity contribution in [2.75, 3.05) is 6.61 Å². The van der Waals surface area contributed by atoms with Crippen LogP contribution in [0.5, 0.6) is 5.75 Å². The lowest BCUT2D eigenvalue weighted by atomic mass is 9.83. The van der Waals surface area contributed by atoms with Gasteiger partial charge in [0.2, 0.25) is 0 Å². The Morgan fingerprint density at radius 3 is 2.28 bits per heavy atom. The summed E-state index contributed by atoms with van der Waals surface area (Å²) in [5.74, 6) is -0.374. The van der Waals surface area contributed by atoms with E-state index in [9.17, 15) is 14.7 Å². The van der Waals surface area contributed by atoms with E-state index in [2.05, 4.69) is 57.2 Å². The van der Waals surface area contributed by atoms with E-state index in [1.807, 2.05) is 26.9 Å². The van der Waals surface area contributed by atoms with Crippen LogP contribution in [0.3, 0.4) is 0 Å². The van der Waals surface area contributed by atoms with E-state index >= 15 is 0 Å². The second-order valence-corrected chi connectivity index (χ2v) is 17.6. The van der Waals surface area contributed by atoms with Crippen molar-refractivity contribution in [1.82, 2.24) is 0 Å². The Hall–Kier alpha value is -1.10. The predicted octanol–water partition coefficient (Wildman–Crippen LogP) is 7.81. The Kier molecular flexibility index (Phi) is 12.0. The molecule has 1 aromatic rings. The number of halogens is 2. The number of carbonyl (C=O) groups excluding carboxylic acids is 1. The smallest absolute Gasteiger partial charge is 0.343 e. The SMILES string of the molecule is CCOC(=O)C(C=N[C@H](CCC(C)(C)[Si](C)(C)O)C(C)(C)C)=C(O)c1cc(I)c(OC(C)C)cc1Cl. The number of benzene rings is 1. The zero-order valence-corrected chi connectivity index (χ0v) is 27.2. The molecule has 0 amide bonds. The van der Waals surface area contributed by atoms with Crippen molar-refractivity contribution in [2.45, 2.75) is 98.5 Å². The number of rotatable bonds is 11. The molecule has 6 nitrogen and oxygen atoms in total. The first kappa shape index (κ1) is 32.9. The molecular weight excluding hydrogens is 609 g/mol. The third-order valence-electron chi connectivity index (χ3n) is 6.47. The maximum Gasteiger partial charge on any atom is 0.343 e. The molecule has 0 heterocycles. The highest BCUT2D eigenvalue weighted by molar-refractivity contribution is 14.1.